The Labute approximate surface area is 128 Å². The number of hydrogen-bond donors (Lipinski definition) is 2. The van der Waals surface area contributed by atoms with Crippen LogP contribution in [0, 0.1) is 0 Å². The maximum Gasteiger partial charge on any atom is 0.255 e. The largest absolute Gasteiger partial charge is 0.493 e. The first-order valence-electron chi connectivity index (χ1n) is 6.42. The zero-order valence-electron chi connectivity index (χ0n) is 12.7. The molecule has 0 saturated carbocycles. The van der Waals surface area contributed by atoms with E-state index in [9.17, 15) is 14.4 Å². The molecule has 120 valence electrons. The Morgan fingerprint density at radius 1 is 1.23 bits per heavy atom. The second-order valence-corrected chi connectivity index (χ2v) is 4.59. The molecule has 0 saturated heterocycles. The van der Waals surface area contributed by atoms with Crippen LogP contribution in [0.25, 0.3) is 0 Å². The van der Waals surface area contributed by atoms with E-state index in [4.69, 9.17) is 15.2 Å². The number of rotatable bonds is 7. The summed E-state index contributed by atoms with van der Waals surface area (Å²) in [4.78, 5) is 35.5. The predicted molar refractivity (Wildman–Crippen MR) is 78.7 cm³/mol. The monoisotopic (exact) mass is 309 g/mol. The summed E-state index contributed by atoms with van der Waals surface area (Å²) in [5.74, 6) is -0.683. The number of benzene rings is 1. The van der Waals surface area contributed by atoms with Gasteiger partial charge >= 0.3 is 0 Å². The highest BCUT2D eigenvalue weighted by atomic mass is 16.5. The van der Waals surface area contributed by atoms with Gasteiger partial charge in [-0.2, -0.15) is 0 Å². The molecule has 0 bridgehead atoms. The first-order chi connectivity index (χ1) is 10.3. The Bertz CT molecular complexity index is 572. The summed E-state index contributed by atoms with van der Waals surface area (Å²) in [6.07, 6.45) is 0. The summed E-state index contributed by atoms with van der Waals surface area (Å²) in [6, 6.07) is 4.44. The van der Waals surface area contributed by atoms with Crippen LogP contribution >= 0.6 is 0 Å². The Balaban J connectivity index is 2.77. The van der Waals surface area contributed by atoms with Crippen LogP contribution in [0.4, 0.5) is 0 Å². The summed E-state index contributed by atoms with van der Waals surface area (Å²) in [5.41, 5.74) is 5.30. The highest BCUT2D eigenvalue weighted by Crippen LogP contribution is 2.27. The molecule has 1 aromatic carbocycles. The maximum atomic E-state index is 12.0. The summed E-state index contributed by atoms with van der Waals surface area (Å²) >= 11 is 0. The molecule has 8 nitrogen and oxygen atoms in total. The lowest BCUT2D eigenvalue weighted by Crippen LogP contribution is -2.36. The molecule has 3 amide bonds. The number of methoxy groups -OCH3 is 1. The van der Waals surface area contributed by atoms with Crippen LogP contribution in [0.15, 0.2) is 18.2 Å². The quantitative estimate of drug-likeness (QED) is 0.697. The van der Waals surface area contributed by atoms with Crippen LogP contribution in [0.3, 0.4) is 0 Å². The minimum absolute atomic E-state index is 0.103. The van der Waals surface area contributed by atoms with Gasteiger partial charge in [0.1, 0.15) is 0 Å². The van der Waals surface area contributed by atoms with Gasteiger partial charge in [-0.15, -0.1) is 0 Å². The molecule has 3 N–H and O–H groups in total. The Kier molecular flexibility index (Phi) is 6.18. The molecule has 0 aliphatic rings. The van der Waals surface area contributed by atoms with Gasteiger partial charge in [0.25, 0.3) is 11.8 Å². The molecule has 0 aromatic heterocycles. The van der Waals surface area contributed by atoms with Crippen LogP contribution < -0.4 is 20.5 Å². The molecule has 1 rings (SSSR count). The molecule has 22 heavy (non-hydrogen) atoms. The standard InChI is InChI=1S/C14H19N3O5/c1-17(2)13(19)7-16-14(20)9-4-5-10(11(6-9)21-3)22-8-12(15)18/h4-6H,7-8H2,1-3H3,(H2,15,18)(H,16,20). The Morgan fingerprint density at radius 2 is 1.91 bits per heavy atom. The van der Waals surface area contributed by atoms with Gasteiger partial charge in [-0.25, -0.2) is 0 Å². The number of hydrogen-bond acceptors (Lipinski definition) is 5. The normalized spacial score (nSPS) is 9.77. The van der Waals surface area contributed by atoms with Crippen molar-refractivity contribution in [2.24, 2.45) is 5.73 Å². The van der Waals surface area contributed by atoms with E-state index in [2.05, 4.69) is 5.32 Å². The zero-order chi connectivity index (χ0) is 16.7. The molecule has 0 radical (unpaired) electrons. The molecule has 0 heterocycles. The number of carbonyl (C=O) groups excluding carboxylic acids is 3. The van der Waals surface area contributed by atoms with Gasteiger partial charge in [-0.3, -0.25) is 14.4 Å². The molecule has 1 aromatic rings. The van der Waals surface area contributed by atoms with Crippen molar-refractivity contribution in [3.63, 3.8) is 0 Å². The fourth-order valence-electron chi connectivity index (χ4n) is 1.49. The van der Waals surface area contributed by atoms with Crippen molar-refractivity contribution in [1.82, 2.24) is 10.2 Å². The van der Waals surface area contributed by atoms with Gasteiger partial charge in [0.15, 0.2) is 18.1 Å². The third-order valence-corrected chi connectivity index (χ3v) is 2.69. The van der Waals surface area contributed by atoms with Gasteiger partial charge in [0.2, 0.25) is 5.91 Å². The van der Waals surface area contributed by atoms with Crippen LogP contribution in [0.1, 0.15) is 10.4 Å². The van der Waals surface area contributed by atoms with Crippen molar-refractivity contribution in [3.05, 3.63) is 23.8 Å². The lowest BCUT2D eigenvalue weighted by Gasteiger charge is -2.13. The first kappa shape index (κ1) is 17.3. The van der Waals surface area contributed by atoms with E-state index in [-0.39, 0.29) is 24.8 Å². The number of likely N-dealkylation sites (N-methyl/N-ethyl adjacent to an activating group) is 1. The number of ether oxygens (including phenoxy) is 2. The van der Waals surface area contributed by atoms with Gasteiger partial charge in [0.05, 0.1) is 13.7 Å². The Morgan fingerprint density at radius 3 is 2.45 bits per heavy atom. The van der Waals surface area contributed by atoms with Crippen LogP contribution in [0.5, 0.6) is 11.5 Å². The summed E-state index contributed by atoms with van der Waals surface area (Å²) in [6.45, 7) is -0.396. The van der Waals surface area contributed by atoms with E-state index < -0.39 is 11.8 Å². The summed E-state index contributed by atoms with van der Waals surface area (Å²) in [5, 5.41) is 2.50. The molecule has 0 aliphatic carbocycles. The molecule has 0 atom stereocenters. The van der Waals surface area contributed by atoms with E-state index in [0.29, 0.717) is 11.3 Å². The SMILES string of the molecule is COc1cc(C(=O)NCC(=O)N(C)C)ccc1OCC(N)=O. The van der Waals surface area contributed by atoms with Crippen molar-refractivity contribution in [1.29, 1.82) is 0 Å². The van der Waals surface area contributed by atoms with Crippen molar-refractivity contribution in [2.45, 2.75) is 0 Å². The Hall–Kier alpha value is -2.77. The highest BCUT2D eigenvalue weighted by molar-refractivity contribution is 5.97. The molecule has 8 heteroatoms. The van der Waals surface area contributed by atoms with Crippen LogP contribution in [0.2, 0.25) is 0 Å². The minimum Gasteiger partial charge on any atom is -0.493 e. The van der Waals surface area contributed by atoms with E-state index in [1.807, 2.05) is 0 Å². The number of nitrogens with zero attached hydrogens (tertiary/aromatic N) is 1. The van der Waals surface area contributed by atoms with Crippen molar-refractivity contribution in [2.75, 3.05) is 34.4 Å². The second-order valence-electron chi connectivity index (χ2n) is 4.59. The van der Waals surface area contributed by atoms with Gasteiger partial charge in [-0.1, -0.05) is 0 Å². The minimum atomic E-state index is -0.619. The van der Waals surface area contributed by atoms with E-state index in [1.54, 1.807) is 14.1 Å². The van der Waals surface area contributed by atoms with E-state index >= 15 is 0 Å². The predicted octanol–water partition coefficient (Wildman–Crippen LogP) is -0.623. The smallest absolute Gasteiger partial charge is 0.255 e. The maximum absolute atomic E-state index is 12.0. The average molecular weight is 309 g/mol. The molecule has 0 spiro atoms. The van der Waals surface area contributed by atoms with Gasteiger partial charge in [-0.05, 0) is 18.2 Å². The molecule has 0 fully saturated rings. The highest BCUT2D eigenvalue weighted by Gasteiger charge is 2.13. The summed E-state index contributed by atoms with van der Waals surface area (Å²) < 4.78 is 10.3. The van der Waals surface area contributed by atoms with Gasteiger partial charge < -0.3 is 25.4 Å². The summed E-state index contributed by atoms with van der Waals surface area (Å²) in [7, 11) is 4.61. The number of nitrogens with one attached hydrogen (secondary N) is 1. The van der Waals surface area contributed by atoms with Crippen LogP contribution in [-0.4, -0.2) is 57.0 Å². The number of nitrogens with two attached hydrogens (primary N) is 1. The third-order valence-electron chi connectivity index (χ3n) is 2.69. The lowest BCUT2D eigenvalue weighted by atomic mass is 10.2. The number of carbonyl (C=O) groups is 3. The van der Waals surface area contributed by atoms with Crippen molar-refractivity contribution < 1.29 is 23.9 Å². The van der Waals surface area contributed by atoms with Gasteiger partial charge in [0, 0.05) is 19.7 Å². The molecule has 0 unspecified atom stereocenters. The first-order valence-corrected chi connectivity index (χ1v) is 6.42. The lowest BCUT2D eigenvalue weighted by molar-refractivity contribution is -0.127. The molecular weight excluding hydrogens is 290 g/mol. The zero-order valence-corrected chi connectivity index (χ0v) is 12.7. The fraction of sp³-hybridized carbons (Fsp3) is 0.357. The number of amides is 3. The van der Waals surface area contributed by atoms with Crippen molar-refractivity contribution >= 4 is 17.7 Å². The van der Waals surface area contributed by atoms with Crippen molar-refractivity contribution in [3.8, 4) is 11.5 Å². The second kappa shape index (κ2) is 7.87. The fourth-order valence-corrected chi connectivity index (χ4v) is 1.49. The molecule has 0 aliphatic heterocycles. The third kappa shape index (κ3) is 4.97. The van der Waals surface area contributed by atoms with E-state index in [0.717, 1.165) is 0 Å². The topological polar surface area (TPSA) is 111 Å². The van der Waals surface area contributed by atoms with E-state index in [1.165, 1.54) is 30.2 Å². The molecular formula is C14H19N3O5. The van der Waals surface area contributed by atoms with Crippen LogP contribution in [-0.2, 0) is 9.59 Å². The average Bonchev–Trinajstić information content (AvgIpc) is 2.49. The number of primary amides is 1.